The van der Waals surface area contributed by atoms with Crippen LogP contribution in [0.5, 0.6) is 0 Å². The molecule has 0 aliphatic rings. The van der Waals surface area contributed by atoms with Crippen LogP contribution in [0.3, 0.4) is 0 Å². The van der Waals surface area contributed by atoms with Crippen molar-refractivity contribution in [1.29, 1.82) is 0 Å². The predicted octanol–water partition coefficient (Wildman–Crippen LogP) is 2.69. The molecule has 1 aromatic heterocycles. The second kappa shape index (κ2) is 7.79. The van der Waals surface area contributed by atoms with Gasteiger partial charge < -0.3 is 5.32 Å². The molecule has 0 fully saturated rings. The molecule has 0 unspecified atom stereocenters. The average Bonchev–Trinajstić information content (AvgIpc) is 3.07. The van der Waals surface area contributed by atoms with E-state index < -0.39 is 15.9 Å². The Bertz CT molecular complexity index is 1050. The van der Waals surface area contributed by atoms with Gasteiger partial charge in [0.15, 0.2) is 5.69 Å². The summed E-state index contributed by atoms with van der Waals surface area (Å²) in [7, 11) is -3.65. The van der Waals surface area contributed by atoms with Gasteiger partial charge in [-0.25, -0.2) is 8.42 Å². The van der Waals surface area contributed by atoms with Crippen molar-refractivity contribution in [2.75, 3.05) is 10.5 Å². The van der Waals surface area contributed by atoms with Gasteiger partial charge in [-0.15, -0.1) is 0 Å². The van der Waals surface area contributed by atoms with Crippen molar-refractivity contribution < 1.29 is 13.2 Å². The average molecular weight is 386 g/mol. The largest absolute Gasteiger partial charge is 0.348 e. The van der Waals surface area contributed by atoms with E-state index in [1.54, 1.807) is 0 Å². The number of benzene rings is 2. The molecule has 3 N–H and O–H groups in total. The van der Waals surface area contributed by atoms with Crippen LogP contribution in [0, 0.1) is 0 Å². The van der Waals surface area contributed by atoms with Gasteiger partial charge in [0.1, 0.15) is 0 Å². The number of amides is 1. The smallest absolute Gasteiger partial charge is 0.274 e. The Kier molecular flexibility index (Phi) is 5.46. The van der Waals surface area contributed by atoms with Gasteiger partial charge in [-0.2, -0.15) is 5.10 Å². The number of H-pyrrole nitrogens is 1. The molecule has 1 amide bonds. The Morgan fingerprint density at radius 2 is 1.89 bits per heavy atom. The summed E-state index contributed by atoms with van der Waals surface area (Å²) in [5.41, 5.74) is 1.13. The fourth-order valence-electron chi connectivity index (χ4n) is 2.84. The molecule has 0 saturated heterocycles. The van der Waals surface area contributed by atoms with E-state index in [-0.39, 0.29) is 23.2 Å². The van der Waals surface area contributed by atoms with Gasteiger partial charge in [0, 0.05) is 12.2 Å². The van der Waals surface area contributed by atoms with Crippen LogP contribution < -0.4 is 10.0 Å². The number of hydrogen-bond acceptors (Lipinski definition) is 4. The van der Waals surface area contributed by atoms with Crippen molar-refractivity contribution in [3.05, 3.63) is 59.9 Å². The predicted molar refractivity (Wildman–Crippen MR) is 106 cm³/mol. The van der Waals surface area contributed by atoms with Gasteiger partial charge in [-0.3, -0.25) is 14.6 Å². The van der Waals surface area contributed by atoms with Crippen molar-refractivity contribution in [3.63, 3.8) is 0 Å². The standard InChI is InChI=1S/C19H22N4O3S/c1-13(2)21-19(24)18-17(12-20-22-18)23-27(25,26)11-10-15-8-5-7-14-6-3-4-9-16(14)15/h3-9,12-13,23H,10-11H2,1-2H3,(H,20,22)(H,21,24). The summed E-state index contributed by atoms with van der Waals surface area (Å²) in [6, 6.07) is 13.6. The zero-order valence-electron chi connectivity index (χ0n) is 15.2. The number of nitrogens with one attached hydrogen (secondary N) is 3. The number of carbonyl (C=O) groups excluding carboxylic acids is 1. The van der Waals surface area contributed by atoms with E-state index in [2.05, 4.69) is 20.2 Å². The van der Waals surface area contributed by atoms with Crippen LogP contribution in [0.4, 0.5) is 5.69 Å². The number of aromatic amines is 1. The highest BCUT2D eigenvalue weighted by molar-refractivity contribution is 7.92. The molecule has 1 heterocycles. The van der Waals surface area contributed by atoms with E-state index in [0.29, 0.717) is 6.42 Å². The lowest BCUT2D eigenvalue weighted by Gasteiger charge is -2.11. The number of carbonyl (C=O) groups is 1. The molecular formula is C19H22N4O3S. The van der Waals surface area contributed by atoms with Crippen LogP contribution in [0.15, 0.2) is 48.7 Å². The molecule has 0 spiro atoms. The van der Waals surface area contributed by atoms with E-state index in [1.807, 2.05) is 56.3 Å². The summed E-state index contributed by atoms with van der Waals surface area (Å²) in [6.07, 6.45) is 1.73. The molecule has 0 atom stereocenters. The Balaban J connectivity index is 1.73. The van der Waals surface area contributed by atoms with Gasteiger partial charge in [-0.1, -0.05) is 42.5 Å². The van der Waals surface area contributed by atoms with Crippen molar-refractivity contribution in [1.82, 2.24) is 15.5 Å². The lowest BCUT2D eigenvalue weighted by Crippen LogP contribution is -2.31. The third-order valence-electron chi connectivity index (χ3n) is 4.06. The molecule has 8 heteroatoms. The van der Waals surface area contributed by atoms with Crippen LogP contribution in [-0.4, -0.2) is 36.3 Å². The molecule has 3 rings (SSSR count). The van der Waals surface area contributed by atoms with E-state index in [0.717, 1.165) is 16.3 Å². The van der Waals surface area contributed by atoms with E-state index >= 15 is 0 Å². The van der Waals surface area contributed by atoms with Crippen molar-refractivity contribution in [2.24, 2.45) is 0 Å². The zero-order valence-corrected chi connectivity index (χ0v) is 16.0. The Morgan fingerprint density at radius 1 is 1.15 bits per heavy atom. The highest BCUT2D eigenvalue weighted by atomic mass is 32.2. The van der Waals surface area contributed by atoms with E-state index in [9.17, 15) is 13.2 Å². The summed E-state index contributed by atoms with van der Waals surface area (Å²) in [4.78, 5) is 12.1. The van der Waals surface area contributed by atoms with Gasteiger partial charge >= 0.3 is 0 Å². The molecule has 27 heavy (non-hydrogen) atoms. The van der Waals surface area contributed by atoms with E-state index in [1.165, 1.54) is 6.20 Å². The van der Waals surface area contributed by atoms with Crippen LogP contribution in [0.25, 0.3) is 10.8 Å². The molecule has 3 aromatic rings. The van der Waals surface area contributed by atoms with Crippen molar-refractivity contribution >= 4 is 32.4 Å². The Morgan fingerprint density at radius 3 is 2.67 bits per heavy atom. The number of sulfonamides is 1. The van der Waals surface area contributed by atoms with Crippen LogP contribution in [0.1, 0.15) is 29.9 Å². The van der Waals surface area contributed by atoms with Gasteiger partial charge in [0.05, 0.1) is 11.4 Å². The zero-order chi connectivity index (χ0) is 19.4. The maximum Gasteiger partial charge on any atom is 0.274 e. The van der Waals surface area contributed by atoms with Gasteiger partial charge in [0.2, 0.25) is 10.0 Å². The first-order chi connectivity index (χ1) is 12.9. The highest BCUT2D eigenvalue weighted by Crippen LogP contribution is 2.20. The molecule has 2 aromatic carbocycles. The minimum Gasteiger partial charge on any atom is -0.348 e. The summed E-state index contributed by atoms with van der Waals surface area (Å²) in [6.45, 7) is 3.64. The van der Waals surface area contributed by atoms with Gasteiger partial charge in [0.25, 0.3) is 5.91 Å². The lowest BCUT2D eigenvalue weighted by atomic mass is 10.0. The van der Waals surface area contributed by atoms with Crippen molar-refractivity contribution in [2.45, 2.75) is 26.3 Å². The van der Waals surface area contributed by atoms with Crippen LogP contribution >= 0.6 is 0 Å². The Labute approximate surface area is 158 Å². The van der Waals surface area contributed by atoms with Crippen LogP contribution in [-0.2, 0) is 16.4 Å². The maximum absolute atomic E-state index is 12.5. The fraction of sp³-hybridized carbons (Fsp3) is 0.263. The number of aryl methyl sites for hydroxylation is 1. The first-order valence-corrected chi connectivity index (χ1v) is 10.3. The molecule has 0 saturated carbocycles. The number of anilines is 1. The first kappa shape index (κ1) is 18.9. The Hall–Kier alpha value is -2.87. The molecule has 7 nitrogen and oxygen atoms in total. The second-order valence-corrected chi connectivity index (χ2v) is 8.43. The number of hydrogen-bond donors (Lipinski definition) is 3. The molecule has 0 aliphatic carbocycles. The number of aromatic nitrogens is 2. The third-order valence-corrected chi connectivity index (χ3v) is 5.33. The quantitative estimate of drug-likeness (QED) is 0.581. The molecule has 0 radical (unpaired) electrons. The normalized spacial score (nSPS) is 11.7. The summed E-state index contributed by atoms with van der Waals surface area (Å²) < 4.78 is 27.5. The lowest BCUT2D eigenvalue weighted by molar-refractivity contribution is 0.0939. The van der Waals surface area contributed by atoms with Crippen LogP contribution in [0.2, 0.25) is 0 Å². The minimum atomic E-state index is -3.65. The summed E-state index contributed by atoms with van der Waals surface area (Å²) in [5.74, 6) is -0.532. The highest BCUT2D eigenvalue weighted by Gasteiger charge is 2.20. The van der Waals surface area contributed by atoms with Gasteiger partial charge in [-0.05, 0) is 36.6 Å². The maximum atomic E-state index is 12.5. The second-order valence-electron chi connectivity index (χ2n) is 6.58. The minimum absolute atomic E-state index is 0.0254. The topological polar surface area (TPSA) is 104 Å². The molecule has 0 bridgehead atoms. The number of nitrogens with zero attached hydrogens (tertiary/aromatic N) is 1. The van der Waals surface area contributed by atoms with Crippen molar-refractivity contribution in [3.8, 4) is 0 Å². The summed E-state index contributed by atoms with van der Waals surface area (Å²) >= 11 is 0. The molecule has 0 aliphatic heterocycles. The summed E-state index contributed by atoms with van der Waals surface area (Å²) in [5, 5.41) is 11.2. The SMILES string of the molecule is CC(C)NC(=O)c1n[nH]cc1NS(=O)(=O)CCc1cccc2ccccc12. The molecular weight excluding hydrogens is 364 g/mol. The van der Waals surface area contributed by atoms with E-state index in [4.69, 9.17) is 0 Å². The third kappa shape index (κ3) is 4.65. The molecule has 142 valence electrons. The first-order valence-electron chi connectivity index (χ1n) is 8.67. The number of fused-ring (bicyclic) bond motifs is 1. The monoisotopic (exact) mass is 386 g/mol. The fourth-order valence-corrected chi connectivity index (χ4v) is 3.93. The number of rotatable bonds is 7.